The second kappa shape index (κ2) is 6.21. The number of rotatable bonds is 4. The number of thiophene rings is 1. The molecule has 1 aromatic heterocycles. The van der Waals surface area contributed by atoms with E-state index in [0.717, 1.165) is 4.88 Å². The average molecular weight is 290 g/mol. The molecule has 1 heterocycles. The summed E-state index contributed by atoms with van der Waals surface area (Å²) in [5.41, 5.74) is 6.81. The number of hydrogen-bond acceptors (Lipinski definition) is 5. The number of ether oxygens (including phenoxy) is 1. The lowest BCUT2D eigenvalue weighted by molar-refractivity contribution is 0.0515. The first kappa shape index (κ1) is 14.1. The Morgan fingerprint density at radius 1 is 1.30 bits per heavy atom. The van der Waals surface area contributed by atoms with E-state index in [4.69, 9.17) is 15.3 Å². The SMILES string of the molecule is COc1cccc(C(=O)O/N=C(\N)c2cccs2)c1C. The van der Waals surface area contributed by atoms with Crippen LogP contribution < -0.4 is 10.5 Å². The van der Waals surface area contributed by atoms with Crippen molar-refractivity contribution in [3.05, 3.63) is 51.7 Å². The van der Waals surface area contributed by atoms with Crippen molar-refractivity contribution >= 4 is 23.1 Å². The predicted molar refractivity (Wildman–Crippen MR) is 78.2 cm³/mol. The van der Waals surface area contributed by atoms with Crippen LogP contribution in [0.5, 0.6) is 5.75 Å². The summed E-state index contributed by atoms with van der Waals surface area (Å²) in [5.74, 6) is 0.226. The first-order valence-corrected chi connectivity index (χ1v) is 6.73. The van der Waals surface area contributed by atoms with Gasteiger partial charge in [0.05, 0.1) is 17.6 Å². The highest BCUT2D eigenvalue weighted by Crippen LogP contribution is 2.21. The van der Waals surface area contributed by atoms with Gasteiger partial charge in [0, 0.05) is 5.56 Å². The van der Waals surface area contributed by atoms with Gasteiger partial charge in [-0.05, 0) is 30.5 Å². The van der Waals surface area contributed by atoms with Crippen LogP contribution in [0.1, 0.15) is 20.8 Å². The van der Waals surface area contributed by atoms with Crippen molar-refractivity contribution in [2.75, 3.05) is 7.11 Å². The Bertz CT molecular complexity index is 636. The third-order valence-electron chi connectivity index (χ3n) is 2.72. The molecule has 0 aliphatic rings. The Morgan fingerprint density at radius 3 is 2.75 bits per heavy atom. The van der Waals surface area contributed by atoms with E-state index in [0.29, 0.717) is 16.9 Å². The third kappa shape index (κ3) is 2.97. The molecular formula is C14H14N2O3S. The molecule has 2 N–H and O–H groups in total. The zero-order valence-electron chi connectivity index (χ0n) is 11.1. The minimum atomic E-state index is -0.569. The highest BCUT2D eigenvalue weighted by molar-refractivity contribution is 7.12. The molecule has 0 saturated carbocycles. The molecule has 2 rings (SSSR count). The molecule has 0 radical (unpaired) electrons. The number of carbonyl (C=O) groups is 1. The highest BCUT2D eigenvalue weighted by Gasteiger charge is 2.14. The predicted octanol–water partition coefficient (Wildman–Crippen LogP) is 2.54. The standard InChI is InChI=1S/C14H14N2O3S/c1-9-10(5-3-6-11(9)18-2)14(17)19-16-13(15)12-7-4-8-20-12/h3-8H,1-2H3,(H2,15,16). The molecule has 2 aromatic rings. The second-order valence-electron chi connectivity index (χ2n) is 3.97. The molecule has 0 aliphatic heterocycles. The third-order valence-corrected chi connectivity index (χ3v) is 3.62. The number of oxime groups is 1. The molecule has 0 spiro atoms. The number of nitrogens with zero attached hydrogens (tertiary/aromatic N) is 1. The molecular weight excluding hydrogens is 276 g/mol. The Morgan fingerprint density at radius 2 is 2.10 bits per heavy atom. The Hall–Kier alpha value is -2.34. The molecule has 0 saturated heterocycles. The van der Waals surface area contributed by atoms with E-state index in [-0.39, 0.29) is 5.84 Å². The fourth-order valence-electron chi connectivity index (χ4n) is 1.67. The Kier molecular flexibility index (Phi) is 4.37. The van der Waals surface area contributed by atoms with Crippen LogP contribution in [0.3, 0.4) is 0 Å². The highest BCUT2D eigenvalue weighted by atomic mass is 32.1. The number of benzene rings is 1. The van der Waals surface area contributed by atoms with Crippen molar-refractivity contribution < 1.29 is 14.4 Å². The lowest BCUT2D eigenvalue weighted by Crippen LogP contribution is -2.14. The summed E-state index contributed by atoms with van der Waals surface area (Å²) in [4.78, 5) is 17.6. The van der Waals surface area contributed by atoms with E-state index in [9.17, 15) is 4.79 Å². The molecule has 5 nitrogen and oxygen atoms in total. The maximum Gasteiger partial charge on any atom is 0.366 e. The van der Waals surface area contributed by atoms with Gasteiger partial charge in [0.25, 0.3) is 0 Å². The summed E-state index contributed by atoms with van der Waals surface area (Å²) in [5, 5.41) is 5.52. The minimum Gasteiger partial charge on any atom is -0.496 e. The van der Waals surface area contributed by atoms with E-state index in [1.54, 1.807) is 38.3 Å². The van der Waals surface area contributed by atoms with Crippen molar-refractivity contribution in [1.29, 1.82) is 0 Å². The largest absolute Gasteiger partial charge is 0.496 e. The monoisotopic (exact) mass is 290 g/mol. The topological polar surface area (TPSA) is 73.9 Å². The molecule has 0 atom stereocenters. The fraction of sp³-hybridized carbons (Fsp3) is 0.143. The number of nitrogens with two attached hydrogens (primary N) is 1. The van der Waals surface area contributed by atoms with Crippen LogP contribution in [-0.2, 0) is 4.84 Å². The van der Waals surface area contributed by atoms with Gasteiger partial charge in [-0.3, -0.25) is 0 Å². The van der Waals surface area contributed by atoms with Crippen LogP contribution in [0.2, 0.25) is 0 Å². The molecule has 0 unspecified atom stereocenters. The van der Waals surface area contributed by atoms with Gasteiger partial charge in [0.1, 0.15) is 5.75 Å². The molecule has 20 heavy (non-hydrogen) atoms. The molecule has 0 fully saturated rings. The molecule has 0 amide bonds. The number of amidine groups is 1. The normalized spacial score (nSPS) is 11.2. The van der Waals surface area contributed by atoms with Crippen molar-refractivity contribution in [3.63, 3.8) is 0 Å². The lowest BCUT2D eigenvalue weighted by Gasteiger charge is -2.07. The first-order valence-electron chi connectivity index (χ1n) is 5.85. The van der Waals surface area contributed by atoms with E-state index >= 15 is 0 Å². The fourth-order valence-corrected chi connectivity index (χ4v) is 2.28. The summed E-state index contributed by atoms with van der Waals surface area (Å²) in [6.07, 6.45) is 0. The summed E-state index contributed by atoms with van der Waals surface area (Å²) in [7, 11) is 1.55. The van der Waals surface area contributed by atoms with Gasteiger partial charge in [-0.1, -0.05) is 17.3 Å². The maximum absolute atomic E-state index is 12.0. The van der Waals surface area contributed by atoms with Crippen molar-refractivity contribution in [2.45, 2.75) is 6.92 Å². The van der Waals surface area contributed by atoms with Gasteiger partial charge in [-0.2, -0.15) is 0 Å². The second-order valence-corrected chi connectivity index (χ2v) is 4.91. The van der Waals surface area contributed by atoms with Crippen molar-refractivity contribution in [1.82, 2.24) is 0 Å². The zero-order chi connectivity index (χ0) is 14.5. The molecule has 104 valence electrons. The van der Waals surface area contributed by atoms with E-state index in [1.807, 2.05) is 11.4 Å². The summed E-state index contributed by atoms with van der Waals surface area (Å²) in [6, 6.07) is 8.78. The van der Waals surface area contributed by atoms with Gasteiger partial charge in [0.2, 0.25) is 0 Å². The van der Waals surface area contributed by atoms with Crippen molar-refractivity contribution in [2.24, 2.45) is 10.9 Å². The Labute approximate surface area is 120 Å². The lowest BCUT2D eigenvalue weighted by atomic mass is 10.1. The van der Waals surface area contributed by atoms with Gasteiger partial charge < -0.3 is 15.3 Å². The van der Waals surface area contributed by atoms with Crippen LogP contribution >= 0.6 is 11.3 Å². The molecule has 0 bridgehead atoms. The van der Waals surface area contributed by atoms with E-state index in [2.05, 4.69) is 5.16 Å². The smallest absolute Gasteiger partial charge is 0.366 e. The van der Waals surface area contributed by atoms with Gasteiger partial charge in [-0.15, -0.1) is 11.3 Å². The number of methoxy groups -OCH3 is 1. The van der Waals surface area contributed by atoms with E-state index in [1.165, 1.54) is 11.3 Å². The van der Waals surface area contributed by atoms with Crippen molar-refractivity contribution in [3.8, 4) is 5.75 Å². The zero-order valence-corrected chi connectivity index (χ0v) is 11.9. The number of carbonyl (C=O) groups excluding carboxylic acids is 1. The van der Waals surface area contributed by atoms with E-state index < -0.39 is 5.97 Å². The molecule has 0 aliphatic carbocycles. The summed E-state index contributed by atoms with van der Waals surface area (Å²) in [6.45, 7) is 1.78. The summed E-state index contributed by atoms with van der Waals surface area (Å²) < 4.78 is 5.15. The van der Waals surface area contributed by atoms with Crippen LogP contribution in [0.4, 0.5) is 0 Å². The maximum atomic E-state index is 12.0. The van der Waals surface area contributed by atoms with Crippen LogP contribution in [-0.4, -0.2) is 18.9 Å². The van der Waals surface area contributed by atoms with Crippen LogP contribution in [0.25, 0.3) is 0 Å². The summed E-state index contributed by atoms with van der Waals surface area (Å²) >= 11 is 1.42. The average Bonchev–Trinajstić information content (AvgIpc) is 2.99. The van der Waals surface area contributed by atoms with Crippen LogP contribution in [0.15, 0.2) is 40.9 Å². The minimum absolute atomic E-state index is 0.175. The van der Waals surface area contributed by atoms with Gasteiger partial charge in [-0.25, -0.2) is 4.79 Å². The number of hydrogen-bond donors (Lipinski definition) is 1. The Balaban J connectivity index is 2.15. The first-order chi connectivity index (χ1) is 9.63. The van der Waals surface area contributed by atoms with Crippen LogP contribution in [0, 0.1) is 6.92 Å². The van der Waals surface area contributed by atoms with Gasteiger partial charge >= 0.3 is 5.97 Å². The van der Waals surface area contributed by atoms with Gasteiger partial charge in [0.15, 0.2) is 5.84 Å². The quantitative estimate of drug-likeness (QED) is 0.406. The molecule has 6 heteroatoms. The molecule has 1 aromatic carbocycles.